The van der Waals surface area contributed by atoms with Gasteiger partial charge in [-0.2, -0.15) is 0 Å². The van der Waals surface area contributed by atoms with Crippen molar-refractivity contribution in [3.05, 3.63) is 18.6 Å². The van der Waals surface area contributed by atoms with Gasteiger partial charge in [0.15, 0.2) is 0 Å². The van der Waals surface area contributed by atoms with Gasteiger partial charge >= 0.3 is 0 Å². The number of nitrogens with one attached hydrogen (secondary N) is 1. The van der Waals surface area contributed by atoms with Crippen molar-refractivity contribution in [3.63, 3.8) is 0 Å². The number of hydrogen-bond acceptors (Lipinski definition) is 4. The molecule has 1 unspecified atom stereocenters. The van der Waals surface area contributed by atoms with Crippen LogP contribution in [0.15, 0.2) is 18.6 Å². The Morgan fingerprint density at radius 2 is 2.38 bits per heavy atom. The molecule has 1 amide bonds. The molecule has 0 aliphatic carbocycles. The quantitative estimate of drug-likeness (QED) is 0.792. The molecule has 1 aliphatic heterocycles. The summed E-state index contributed by atoms with van der Waals surface area (Å²) in [4.78, 5) is 21.9. The molecule has 0 radical (unpaired) electrons. The summed E-state index contributed by atoms with van der Waals surface area (Å²) in [5, 5.41) is 3.06. The highest BCUT2D eigenvalue weighted by Gasteiger charge is 2.27. The van der Waals surface area contributed by atoms with Crippen LogP contribution in [0.5, 0.6) is 0 Å². The first-order valence-electron chi connectivity index (χ1n) is 5.57. The molecule has 0 aromatic carbocycles. The zero-order valence-electron chi connectivity index (χ0n) is 9.39. The lowest BCUT2D eigenvalue weighted by molar-refractivity contribution is -0.120. The third kappa shape index (κ3) is 2.19. The highest BCUT2D eigenvalue weighted by atomic mass is 16.2. The van der Waals surface area contributed by atoms with E-state index >= 15 is 0 Å². The van der Waals surface area contributed by atoms with Crippen LogP contribution in [0.3, 0.4) is 0 Å². The Labute approximate surface area is 94.9 Å². The summed E-state index contributed by atoms with van der Waals surface area (Å²) in [6.07, 6.45) is 6.13. The van der Waals surface area contributed by atoms with Crippen molar-refractivity contribution in [2.45, 2.75) is 25.3 Å². The maximum absolute atomic E-state index is 12.2. The molecule has 1 aromatic rings. The van der Waals surface area contributed by atoms with E-state index in [0.717, 1.165) is 25.8 Å². The van der Waals surface area contributed by atoms with E-state index in [9.17, 15) is 4.79 Å². The van der Waals surface area contributed by atoms with E-state index in [1.165, 1.54) is 6.33 Å². The molecular weight excluding hydrogens is 204 g/mol. The van der Waals surface area contributed by atoms with Crippen LogP contribution < -0.4 is 10.2 Å². The predicted octanol–water partition coefficient (Wildman–Crippen LogP) is 0.581. The molecule has 1 atom stereocenters. The van der Waals surface area contributed by atoms with E-state index in [0.29, 0.717) is 5.82 Å². The first kappa shape index (κ1) is 11.0. The van der Waals surface area contributed by atoms with Crippen molar-refractivity contribution in [2.75, 3.05) is 18.5 Å². The number of rotatable bonds is 2. The van der Waals surface area contributed by atoms with Crippen LogP contribution >= 0.6 is 0 Å². The van der Waals surface area contributed by atoms with Crippen LogP contribution in [0.1, 0.15) is 19.3 Å². The Morgan fingerprint density at radius 3 is 3.06 bits per heavy atom. The molecular formula is C11H16N4O. The Kier molecular flexibility index (Phi) is 3.46. The van der Waals surface area contributed by atoms with Crippen molar-refractivity contribution in [2.24, 2.45) is 0 Å². The summed E-state index contributed by atoms with van der Waals surface area (Å²) in [5.74, 6) is 0.806. The van der Waals surface area contributed by atoms with E-state index in [1.54, 1.807) is 17.2 Å². The van der Waals surface area contributed by atoms with E-state index in [1.807, 2.05) is 7.05 Å². The van der Waals surface area contributed by atoms with Crippen molar-refractivity contribution in [3.8, 4) is 0 Å². The highest BCUT2D eigenvalue weighted by Crippen LogP contribution is 2.17. The minimum Gasteiger partial charge on any atom is -0.309 e. The van der Waals surface area contributed by atoms with E-state index in [-0.39, 0.29) is 11.9 Å². The molecule has 1 saturated heterocycles. The van der Waals surface area contributed by atoms with Gasteiger partial charge in [0.2, 0.25) is 5.91 Å². The number of aromatic nitrogens is 2. The summed E-state index contributed by atoms with van der Waals surface area (Å²) < 4.78 is 0. The molecule has 1 N–H and O–H groups in total. The first-order valence-corrected chi connectivity index (χ1v) is 5.57. The number of anilines is 1. The van der Waals surface area contributed by atoms with Crippen molar-refractivity contribution in [1.82, 2.24) is 15.3 Å². The van der Waals surface area contributed by atoms with Crippen LogP contribution in [0.25, 0.3) is 0 Å². The average Bonchev–Trinajstić information content (AvgIpc) is 2.52. The smallest absolute Gasteiger partial charge is 0.245 e. The minimum absolute atomic E-state index is 0.0857. The Bertz CT molecular complexity index is 354. The molecule has 0 saturated carbocycles. The molecule has 5 nitrogen and oxygen atoms in total. The van der Waals surface area contributed by atoms with Crippen molar-refractivity contribution < 1.29 is 4.79 Å². The zero-order valence-corrected chi connectivity index (χ0v) is 9.39. The predicted molar refractivity (Wildman–Crippen MR) is 61.1 cm³/mol. The number of carbonyl (C=O) groups is 1. The normalized spacial score (nSPS) is 21.9. The van der Waals surface area contributed by atoms with Gasteiger partial charge in [-0.25, -0.2) is 9.97 Å². The lowest BCUT2D eigenvalue weighted by Gasteiger charge is -2.22. The number of nitrogens with zero attached hydrogens (tertiary/aromatic N) is 3. The Hall–Kier alpha value is -1.49. The van der Waals surface area contributed by atoms with Crippen LogP contribution in [0.4, 0.5) is 5.82 Å². The van der Waals surface area contributed by atoms with E-state index < -0.39 is 0 Å². The Balaban J connectivity index is 2.22. The third-order valence-electron chi connectivity index (χ3n) is 2.88. The van der Waals surface area contributed by atoms with E-state index in [4.69, 9.17) is 0 Å². The van der Waals surface area contributed by atoms with Crippen LogP contribution in [0.2, 0.25) is 0 Å². The van der Waals surface area contributed by atoms with Crippen molar-refractivity contribution in [1.29, 1.82) is 0 Å². The van der Waals surface area contributed by atoms with Gasteiger partial charge < -0.3 is 5.32 Å². The average molecular weight is 220 g/mol. The lowest BCUT2D eigenvalue weighted by atomic mass is 10.1. The lowest BCUT2D eigenvalue weighted by Crippen LogP contribution is -2.44. The fourth-order valence-electron chi connectivity index (χ4n) is 1.98. The van der Waals surface area contributed by atoms with Gasteiger partial charge in [-0.3, -0.25) is 9.69 Å². The number of likely N-dealkylation sites (N-methyl/N-ethyl adjacent to an activating group) is 1. The monoisotopic (exact) mass is 220 g/mol. The maximum Gasteiger partial charge on any atom is 0.245 e. The fraction of sp³-hybridized carbons (Fsp3) is 0.545. The SMILES string of the molecule is CNC1CCCCN(c2ccncn2)C1=O. The molecule has 1 aliphatic rings. The van der Waals surface area contributed by atoms with Gasteiger partial charge in [-0.05, 0) is 32.4 Å². The second kappa shape index (κ2) is 5.03. The molecule has 2 rings (SSSR count). The zero-order chi connectivity index (χ0) is 11.4. The van der Waals surface area contributed by atoms with Gasteiger partial charge in [0, 0.05) is 12.7 Å². The summed E-state index contributed by atoms with van der Waals surface area (Å²) in [5.41, 5.74) is 0. The van der Waals surface area contributed by atoms with Gasteiger partial charge in [-0.15, -0.1) is 0 Å². The molecule has 2 heterocycles. The summed E-state index contributed by atoms with van der Waals surface area (Å²) >= 11 is 0. The molecule has 5 heteroatoms. The second-order valence-corrected chi connectivity index (χ2v) is 3.89. The van der Waals surface area contributed by atoms with Gasteiger partial charge in [0.25, 0.3) is 0 Å². The molecule has 16 heavy (non-hydrogen) atoms. The summed E-state index contributed by atoms with van der Waals surface area (Å²) in [6, 6.07) is 1.69. The maximum atomic E-state index is 12.2. The van der Waals surface area contributed by atoms with E-state index in [2.05, 4.69) is 15.3 Å². The first-order chi connectivity index (χ1) is 7.83. The van der Waals surface area contributed by atoms with Crippen LogP contribution in [-0.2, 0) is 4.79 Å². The van der Waals surface area contributed by atoms with Crippen LogP contribution in [-0.4, -0.2) is 35.5 Å². The van der Waals surface area contributed by atoms with Gasteiger partial charge in [-0.1, -0.05) is 0 Å². The Morgan fingerprint density at radius 1 is 1.50 bits per heavy atom. The third-order valence-corrected chi connectivity index (χ3v) is 2.88. The molecule has 1 fully saturated rings. The fourth-order valence-corrected chi connectivity index (χ4v) is 1.98. The second-order valence-electron chi connectivity index (χ2n) is 3.89. The molecule has 86 valence electrons. The number of carbonyl (C=O) groups excluding carboxylic acids is 1. The molecule has 0 spiro atoms. The molecule has 0 bridgehead atoms. The minimum atomic E-state index is -0.0857. The topological polar surface area (TPSA) is 58.1 Å². The van der Waals surface area contributed by atoms with Crippen LogP contribution in [0, 0.1) is 0 Å². The van der Waals surface area contributed by atoms with Gasteiger partial charge in [0.05, 0.1) is 6.04 Å². The highest BCUT2D eigenvalue weighted by molar-refractivity contribution is 5.96. The number of amides is 1. The standard InChI is InChI=1S/C11H16N4O/c1-12-9-4-2-3-7-15(11(9)16)10-5-6-13-8-14-10/h5-6,8-9,12H,2-4,7H2,1H3. The van der Waals surface area contributed by atoms with Gasteiger partial charge in [0.1, 0.15) is 12.1 Å². The number of hydrogen-bond donors (Lipinski definition) is 1. The summed E-state index contributed by atoms with van der Waals surface area (Å²) in [7, 11) is 1.83. The molecule has 1 aromatic heterocycles. The summed E-state index contributed by atoms with van der Waals surface area (Å²) in [6.45, 7) is 0.744. The largest absolute Gasteiger partial charge is 0.309 e. The van der Waals surface area contributed by atoms with Crippen molar-refractivity contribution >= 4 is 11.7 Å².